The van der Waals surface area contributed by atoms with Gasteiger partial charge in [0.05, 0.1) is 12.2 Å². The third-order valence-electron chi connectivity index (χ3n) is 3.92. The van der Waals surface area contributed by atoms with Crippen LogP contribution in [-0.2, 0) is 9.47 Å². The van der Waals surface area contributed by atoms with Gasteiger partial charge in [0.25, 0.3) is 0 Å². The van der Waals surface area contributed by atoms with Gasteiger partial charge in [0.15, 0.2) is 0 Å². The number of ether oxygens (including phenoxy) is 2. The van der Waals surface area contributed by atoms with E-state index in [1.165, 1.54) is 32.1 Å². The SMILES string of the molecule is CC(C)(C)OCCCC1CC2(CCOC2)C1. The Bertz CT molecular complexity index is 215. The van der Waals surface area contributed by atoms with E-state index in [0.29, 0.717) is 5.41 Å². The maximum atomic E-state index is 5.74. The molecule has 2 nitrogen and oxygen atoms in total. The molecule has 0 N–H and O–H groups in total. The summed E-state index contributed by atoms with van der Waals surface area (Å²) in [5.74, 6) is 0.949. The Morgan fingerprint density at radius 3 is 2.62 bits per heavy atom. The second-order valence-corrected chi connectivity index (χ2v) is 6.68. The highest BCUT2D eigenvalue weighted by molar-refractivity contribution is 4.95. The zero-order chi connectivity index (χ0) is 11.6. The molecule has 0 aromatic heterocycles. The second kappa shape index (κ2) is 4.66. The molecule has 1 spiro atoms. The summed E-state index contributed by atoms with van der Waals surface area (Å²) in [7, 11) is 0. The molecule has 1 saturated heterocycles. The molecule has 94 valence electrons. The molecule has 1 saturated carbocycles. The van der Waals surface area contributed by atoms with Crippen molar-refractivity contribution in [2.75, 3.05) is 19.8 Å². The molecular formula is C14H26O2. The van der Waals surface area contributed by atoms with Crippen molar-refractivity contribution in [2.45, 2.75) is 58.5 Å². The Balaban J connectivity index is 1.53. The van der Waals surface area contributed by atoms with Crippen molar-refractivity contribution in [3.05, 3.63) is 0 Å². The van der Waals surface area contributed by atoms with E-state index in [9.17, 15) is 0 Å². The van der Waals surface area contributed by atoms with Crippen LogP contribution in [-0.4, -0.2) is 25.4 Å². The average Bonchev–Trinajstić information content (AvgIpc) is 2.57. The van der Waals surface area contributed by atoms with Crippen LogP contribution in [0.15, 0.2) is 0 Å². The van der Waals surface area contributed by atoms with Gasteiger partial charge in [-0.25, -0.2) is 0 Å². The average molecular weight is 226 g/mol. The molecule has 0 radical (unpaired) electrons. The highest BCUT2D eigenvalue weighted by Crippen LogP contribution is 2.52. The van der Waals surface area contributed by atoms with Crippen molar-refractivity contribution in [3.8, 4) is 0 Å². The Hall–Kier alpha value is -0.0800. The summed E-state index contributed by atoms with van der Waals surface area (Å²) in [5.41, 5.74) is 0.635. The van der Waals surface area contributed by atoms with E-state index in [4.69, 9.17) is 9.47 Å². The van der Waals surface area contributed by atoms with Gasteiger partial charge in [0.2, 0.25) is 0 Å². The minimum atomic E-state index is 0.0279. The Morgan fingerprint density at radius 1 is 1.31 bits per heavy atom. The Labute approximate surface area is 99.7 Å². The van der Waals surface area contributed by atoms with Crippen LogP contribution in [0, 0.1) is 11.3 Å². The summed E-state index contributed by atoms with van der Waals surface area (Å²) in [4.78, 5) is 0. The maximum Gasteiger partial charge on any atom is 0.0598 e. The summed E-state index contributed by atoms with van der Waals surface area (Å²) in [6, 6.07) is 0. The monoisotopic (exact) mass is 226 g/mol. The second-order valence-electron chi connectivity index (χ2n) is 6.68. The quantitative estimate of drug-likeness (QED) is 0.684. The normalized spacial score (nSPS) is 34.3. The molecule has 0 unspecified atom stereocenters. The predicted molar refractivity (Wildman–Crippen MR) is 65.5 cm³/mol. The van der Waals surface area contributed by atoms with Gasteiger partial charge in [-0.3, -0.25) is 0 Å². The molecule has 2 aliphatic rings. The van der Waals surface area contributed by atoms with Crippen LogP contribution < -0.4 is 0 Å². The number of hydrogen-bond donors (Lipinski definition) is 0. The van der Waals surface area contributed by atoms with Crippen LogP contribution in [0.25, 0.3) is 0 Å². The van der Waals surface area contributed by atoms with E-state index < -0.39 is 0 Å². The van der Waals surface area contributed by atoms with Gasteiger partial charge in [-0.1, -0.05) is 0 Å². The van der Waals surface area contributed by atoms with Crippen LogP contribution in [0.3, 0.4) is 0 Å². The van der Waals surface area contributed by atoms with Gasteiger partial charge in [-0.05, 0) is 64.2 Å². The highest BCUT2D eigenvalue weighted by Gasteiger charge is 2.45. The fraction of sp³-hybridized carbons (Fsp3) is 1.00. The topological polar surface area (TPSA) is 18.5 Å². The first-order chi connectivity index (χ1) is 7.49. The van der Waals surface area contributed by atoms with Crippen molar-refractivity contribution >= 4 is 0 Å². The van der Waals surface area contributed by atoms with Gasteiger partial charge >= 0.3 is 0 Å². The Kier molecular flexibility index (Phi) is 3.60. The van der Waals surface area contributed by atoms with E-state index in [2.05, 4.69) is 20.8 Å². The largest absolute Gasteiger partial charge is 0.381 e. The first kappa shape index (κ1) is 12.4. The summed E-state index contributed by atoms with van der Waals surface area (Å²) in [6.07, 6.45) is 6.68. The van der Waals surface area contributed by atoms with Crippen LogP contribution in [0.1, 0.15) is 52.9 Å². The molecule has 16 heavy (non-hydrogen) atoms. The van der Waals surface area contributed by atoms with Gasteiger partial charge < -0.3 is 9.47 Å². The van der Waals surface area contributed by atoms with Gasteiger partial charge in [0, 0.05) is 13.2 Å². The third kappa shape index (κ3) is 3.21. The van der Waals surface area contributed by atoms with Crippen molar-refractivity contribution in [1.82, 2.24) is 0 Å². The maximum absolute atomic E-state index is 5.74. The summed E-state index contributed by atoms with van der Waals surface area (Å²) in [6.45, 7) is 9.33. The van der Waals surface area contributed by atoms with Crippen molar-refractivity contribution in [3.63, 3.8) is 0 Å². The molecule has 0 amide bonds. The molecule has 2 rings (SSSR count). The Morgan fingerprint density at radius 2 is 2.06 bits per heavy atom. The lowest BCUT2D eigenvalue weighted by molar-refractivity contribution is -0.0149. The lowest BCUT2D eigenvalue weighted by Crippen LogP contribution is -2.37. The predicted octanol–water partition coefficient (Wildman–Crippen LogP) is 3.40. The van der Waals surface area contributed by atoms with E-state index in [0.717, 1.165) is 25.7 Å². The fourth-order valence-electron chi connectivity index (χ4n) is 3.09. The highest BCUT2D eigenvalue weighted by atomic mass is 16.5. The fourth-order valence-corrected chi connectivity index (χ4v) is 3.09. The minimum absolute atomic E-state index is 0.0279. The number of hydrogen-bond acceptors (Lipinski definition) is 2. The molecule has 0 aromatic rings. The smallest absolute Gasteiger partial charge is 0.0598 e. The van der Waals surface area contributed by atoms with Gasteiger partial charge in [0.1, 0.15) is 0 Å². The van der Waals surface area contributed by atoms with Crippen LogP contribution >= 0.6 is 0 Å². The van der Waals surface area contributed by atoms with Gasteiger partial charge in [-0.2, -0.15) is 0 Å². The zero-order valence-electron chi connectivity index (χ0n) is 11.1. The molecule has 1 aliphatic heterocycles. The first-order valence-electron chi connectivity index (χ1n) is 6.71. The lowest BCUT2D eigenvalue weighted by atomic mass is 9.60. The van der Waals surface area contributed by atoms with Crippen LogP contribution in [0.2, 0.25) is 0 Å². The zero-order valence-corrected chi connectivity index (χ0v) is 11.1. The van der Waals surface area contributed by atoms with Crippen molar-refractivity contribution in [1.29, 1.82) is 0 Å². The van der Waals surface area contributed by atoms with Crippen molar-refractivity contribution in [2.24, 2.45) is 11.3 Å². The van der Waals surface area contributed by atoms with Crippen LogP contribution in [0.4, 0.5) is 0 Å². The summed E-state index contributed by atoms with van der Waals surface area (Å²) >= 11 is 0. The molecule has 0 bridgehead atoms. The van der Waals surface area contributed by atoms with Gasteiger partial charge in [-0.15, -0.1) is 0 Å². The number of rotatable bonds is 4. The van der Waals surface area contributed by atoms with E-state index in [1.807, 2.05) is 0 Å². The minimum Gasteiger partial charge on any atom is -0.381 e. The first-order valence-corrected chi connectivity index (χ1v) is 6.71. The van der Waals surface area contributed by atoms with E-state index >= 15 is 0 Å². The van der Waals surface area contributed by atoms with E-state index in [1.54, 1.807) is 0 Å². The molecule has 1 heterocycles. The summed E-state index contributed by atoms with van der Waals surface area (Å²) < 4.78 is 11.2. The molecular weight excluding hydrogens is 200 g/mol. The molecule has 2 heteroatoms. The molecule has 1 aliphatic carbocycles. The lowest BCUT2D eigenvalue weighted by Gasteiger charge is -2.44. The molecule has 0 aromatic carbocycles. The standard InChI is InChI=1S/C14H26O2/c1-13(2,3)16-7-4-5-12-9-14(10-12)6-8-15-11-14/h12H,4-11H2,1-3H3. The molecule has 2 fully saturated rings. The van der Waals surface area contributed by atoms with Crippen molar-refractivity contribution < 1.29 is 9.47 Å². The molecule has 0 atom stereocenters. The summed E-state index contributed by atoms with van der Waals surface area (Å²) in [5, 5.41) is 0. The van der Waals surface area contributed by atoms with E-state index in [-0.39, 0.29) is 5.60 Å². The third-order valence-corrected chi connectivity index (χ3v) is 3.92. The van der Waals surface area contributed by atoms with Crippen LogP contribution in [0.5, 0.6) is 0 Å².